The van der Waals surface area contributed by atoms with Gasteiger partial charge < -0.3 is 29.3 Å². The lowest BCUT2D eigenvalue weighted by atomic mass is 9.95. The van der Waals surface area contributed by atoms with Gasteiger partial charge in [-0.15, -0.1) is 0 Å². The van der Waals surface area contributed by atoms with Crippen molar-refractivity contribution >= 4 is 46.0 Å². The molecule has 3 heterocycles. The predicted octanol–water partition coefficient (Wildman–Crippen LogP) is 6.76. The van der Waals surface area contributed by atoms with E-state index in [9.17, 15) is 14.4 Å². The molecule has 3 aliphatic heterocycles. The van der Waals surface area contributed by atoms with E-state index < -0.39 is 17.1 Å². The Hall–Kier alpha value is -3.86. The molecule has 0 radical (unpaired) electrons. The van der Waals surface area contributed by atoms with Gasteiger partial charge in [-0.25, -0.2) is 4.79 Å². The maximum Gasteiger partial charge on any atom is 0.410 e. The summed E-state index contributed by atoms with van der Waals surface area (Å²) < 4.78 is 18.0. The van der Waals surface area contributed by atoms with Crippen molar-refractivity contribution in [2.24, 2.45) is 11.3 Å². The minimum absolute atomic E-state index is 0.0605. The average molecular weight is 705 g/mol. The second kappa shape index (κ2) is 14.0. The molecule has 0 spiro atoms. The zero-order chi connectivity index (χ0) is 36.0. The molecule has 3 aromatic rings. The number of anilines is 1. The fourth-order valence-corrected chi connectivity index (χ4v) is 6.88. The van der Waals surface area contributed by atoms with Crippen LogP contribution in [0.15, 0.2) is 48.5 Å². The highest BCUT2D eigenvalue weighted by molar-refractivity contribution is 6.34. The summed E-state index contributed by atoms with van der Waals surface area (Å²) in [6.07, 6.45) is 0.515. The first-order chi connectivity index (χ1) is 23.6. The van der Waals surface area contributed by atoms with Crippen molar-refractivity contribution in [3.8, 4) is 22.6 Å². The van der Waals surface area contributed by atoms with Crippen LogP contribution in [0.5, 0.6) is 11.5 Å². The molecular weight excluding hydrogens is 656 g/mol. The Morgan fingerprint density at radius 3 is 2.32 bits per heavy atom. The van der Waals surface area contributed by atoms with Crippen molar-refractivity contribution in [3.63, 3.8) is 0 Å². The summed E-state index contributed by atoms with van der Waals surface area (Å²) in [4.78, 5) is 45.4. The fraction of sp³-hybridized carbons (Fsp3) is 0.513. The minimum atomic E-state index is -0.708. The molecule has 268 valence electrons. The van der Waals surface area contributed by atoms with Gasteiger partial charge in [0.25, 0.3) is 5.91 Å². The maximum atomic E-state index is 14.1. The molecule has 10 nitrogen and oxygen atoms in total. The summed E-state index contributed by atoms with van der Waals surface area (Å²) in [5, 5.41) is 5.63. The van der Waals surface area contributed by atoms with E-state index in [1.165, 1.54) is 0 Å². The van der Waals surface area contributed by atoms with Crippen LogP contribution in [0, 0.1) is 11.3 Å². The number of halogens is 1. The average Bonchev–Trinajstić information content (AvgIpc) is 3.02. The molecule has 1 unspecified atom stereocenters. The SMILES string of the molecule is CN(C(=O)OC(C)(C)C)C1CCN(CC2Oc3cc(-c4cc(OC(=O)C(C)(C)C)cc5ccccc45)c(Cl)cc3N(CC3CNC3)C2=O)CC1. The van der Waals surface area contributed by atoms with Crippen LogP contribution in [0.2, 0.25) is 5.02 Å². The van der Waals surface area contributed by atoms with Gasteiger partial charge in [0.15, 0.2) is 6.10 Å². The number of ether oxygens (including phenoxy) is 3. The molecule has 3 aromatic carbocycles. The van der Waals surface area contributed by atoms with Gasteiger partial charge in [-0.1, -0.05) is 35.9 Å². The minimum Gasteiger partial charge on any atom is -0.477 e. The lowest BCUT2D eigenvalue weighted by Crippen LogP contribution is -2.56. The van der Waals surface area contributed by atoms with E-state index in [4.69, 9.17) is 25.8 Å². The number of carbonyl (C=O) groups excluding carboxylic acids is 3. The van der Waals surface area contributed by atoms with E-state index in [0.717, 1.165) is 60.9 Å². The zero-order valence-corrected chi connectivity index (χ0v) is 30.9. The molecule has 0 bridgehead atoms. The number of hydrogen-bond donors (Lipinski definition) is 1. The van der Waals surface area contributed by atoms with Gasteiger partial charge in [-0.3, -0.25) is 14.5 Å². The van der Waals surface area contributed by atoms with E-state index in [1.807, 2.05) is 95.0 Å². The summed E-state index contributed by atoms with van der Waals surface area (Å²) in [5.74, 6) is 0.939. The van der Waals surface area contributed by atoms with Crippen molar-refractivity contribution in [2.45, 2.75) is 72.1 Å². The third-order valence-electron chi connectivity index (χ3n) is 9.62. The highest BCUT2D eigenvalue weighted by Gasteiger charge is 2.39. The molecule has 50 heavy (non-hydrogen) atoms. The molecule has 6 rings (SSSR count). The Bertz CT molecular complexity index is 1770. The molecule has 3 aliphatic rings. The molecule has 2 amide bonds. The standard InChI is InChI=1S/C39H49ClN4O6/c1-38(2,3)36(46)48-27-16-25-10-8-9-11-28(25)29(17-27)30-18-33-32(19-31(30)40)44(22-24-20-41-21-24)35(45)34(49-33)23-43-14-12-26(13-15-43)42(7)37(47)50-39(4,5)6/h8-11,16-19,24,26,34,41H,12-15,20-23H2,1-7H3. The van der Waals surface area contributed by atoms with Crippen LogP contribution in [0.25, 0.3) is 21.9 Å². The number of amides is 2. The Morgan fingerprint density at radius 2 is 1.68 bits per heavy atom. The Morgan fingerprint density at radius 1 is 0.980 bits per heavy atom. The van der Waals surface area contributed by atoms with Crippen molar-refractivity contribution in [1.82, 2.24) is 15.1 Å². The number of benzene rings is 3. The summed E-state index contributed by atoms with van der Waals surface area (Å²) in [5.41, 5.74) is 0.953. The first-order valence-electron chi connectivity index (χ1n) is 17.5. The van der Waals surface area contributed by atoms with Crippen LogP contribution < -0.4 is 19.7 Å². The van der Waals surface area contributed by atoms with E-state index in [2.05, 4.69) is 10.2 Å². The van der Waals surface area contributed by atoms with Gasteiger partial charge in [-0.2, -0.15) is 0 Å². The number of carbonyl (C=O) groups is 3. The molecule has 11 heteroatoms. The topological polar surface area (TPSA) is 101 Å². The van der Waals surface area contributed by atoms with Crippen LogP contribution in [0.4, 0.5) is 10.5 Å². The molecule has 2 fully saturated rings. The van der Waals surface area contributed by atoms with Gasteiger partial charge >= 0.3 is 12.1 Å². The summed E-state index contributed by atoms with van der Waals surface area (Å²) >= 11 is 7.05. The van der Waals surface area contributed by atoms with Crippen molar-refractivity contribution in [1.29, 1.82) is 0 Å². The lowest BCUT2D eigenvalue weighted by Gasteiger charge is -2.41. The smallest absolute Gasteiger partial charge is 0.410 e. The maximum absolute atomic E-state index is 14.1. The first kappa shape index (κ1) is 35.9. The molecule has 0 aromatic heterocycles. The Kier molecular flexibility index (Phi) is 10.1. The van der Waals surface area contributed by atoms with Gasteiger partial charge in [0.2, 0.25) is 0 Å². The number of nitrogens with one attached hydrogen (secondary N) is 1. The molecule has 0 aliphatic carbocycles. The summed E-state index contributed by atoms with van der Waals surface area (Å²) in [6, 6.07) is 15.4. The number of hydrogen-bond acceptors (Lipinski definition) is 8. The predicted molar refractivity (Wildman–Crippen MR) is 196 cm³/mol. The monoisotopic (exact) mass is 704 g/mol. The number of esters is 1. The molecule has 1 N–H and O–H groups in total. The lowest BCUT2D eigenvalue weighted by molar-refractivity contribution is -0.143. The number of nitrogens with zero attached hydrogens (tertiary/aromatic N) is 3. The highest BCUT2D eigenvalue weighted by atomic mass is 35.5. The van der Waals surface area contributed by atoms with Gasteiger partial charge in [-0.05, 0) is 95.0 Å². The first-order valence-corrected chi connectivity index (χ1v) is 17.9. The largest absolute Gasteiger partial charge is 0.477 e. The third-order valence-corrected chi connectivity index (χ3v) is 9.93. The van der Waals surface area contributed by atoms with Crippen molar-refractivity contribution in [2.75, 3.05) is 51.2 Å². The third kappa shape index (κ3) is 7.87. The van der Waals surface area contributed by atoms with E-state index in [1.54, 1.807) is 11.9 Å². The van der Waals surface area contributed by atoms with E-state index in [-0.39, 0.29) is 24.0 Å². The fourth-order valence-electron chi connectivity index (χ4n) is 6.62. The number of rotatable bonds is 7. The Balaban J connectivity index is 1.27. The number of likely N-dealkylation sites (tertiary alicyclic amines) is 1. The van der Waals surface area contributed by atoms with Crippen molar-refractivity contribution in [3.05, 3.63) is 53.6 Å². The normalized spacial score (nSPS) is 19.1. The molecular formula is C39H49ClN4O6. The number of fused-ring (bicyclic) bond motifs is 2. The van der Waals surface area contributed by atoms with Gasteiger partial charge in [0.1, 0.15) is 17.1 Å². The van der Waals surface area contributed by atoms with Crippen LogP contribution in [0.1, 0.15) is 54.4 Å². The summed E-state index contributed by atoms with van der Waals surface area (Å²) in [6.45, 7) is 15.2. The molecule has 1 atom stereocenters. The molecule has 0 saturated carbocycles. The van der Waals surface area contributed by atoms with Crippen molar-refractivity contribution < 1.29 is 28.6 Å². The van der Waals surface area contributed by atoms with Crippen LogP contribution in [-0.2, 0) is 14.3 Å². The van der Waals surface area contributed by atoms with Gasteiger partial charge in [0.05, 0.1) is 16.1 Å². The van der Waals surface area contributed by atoms with Crippen LogP contribution in [-0.4, -0.2) is 91.8 Å². The number of piperidine rings is 1. The quantitative estimate of drug-likeness (QED) is 0.213. The zero-order valence-electron chi connectivity index (χ0n) is 30.2. The summed E-state index contributed by atoms with van der Waals surface area (Å²) in [7, 11) is 1.79. The second-order valence-electron chi connectivity index (χ2n) is 15.8. The second-order valence-corrected chi connectivity index (χ2v) is 16.2. The highest BCUT2D eigenvalue weighted by Crippen LogP contribution is 2.45. The van der Waals surface area contributed by atoms with Crippen LogP contribution >= 0.6 is 11.6 Å². The van der Waals surface area contributed by atoms with Crippen LogP contribution in [0.3, 0.4) is 0 Å². The Labute approximate surface area is 300 Å². The molecule has 2 saturated heterocycles. The van der Waals surface area contributed by atoms with Gasteiger partial charge in [0, 0.05) is 63.8 Å². The van der Waals surface area contributed by atoms with E-state index in [0.29, 0.717) is 41.2 Å². The van der Waals surface area contributed by atoms with E-state index >= 15 is 0 Å².